The van der Waals surface area contributed by atoms with Gasteiger partial charge in [-0.25, -0.2) is 4.79 Å². The molecule has 206 valence electrons. The van der Waals surface area contributed by atoms with Gasteiger partial charge < -0.3 is 30.5 Å². The summed E-state index contributed by atoms with van der Waals surface area (Å²) in [5.74, 6) is 0.399. The number of likely N-dealkylation sites (tertiary alicyclic amines) is 1. The van der Waals surface area contributed by atoms with Crippen molar-refractivity contribution in [3.8, 4) is 18.1 Å². The molecule has 2 aromatic rings. The van der Waals surface area contributed by atoms with Crippen LogP contribution in [0, 0.1) is 17.8 Å². The fraction of sp³-hybridized carbons (Fsp3) is 0.379. The molecule has 4 atom stereocenters. The van der Waals surface area contributed by atoms with Gasteiger partial charge in [-0.1, -0.05) is 50.1 Å². The van der Waals surface area contributed by atoms with E-state index in [1.807, 2.05) is 0 Å². The van der Waals surface area contributed by atoms with E-state index in [2.05, 4.69) is 16.6 Å². The van der Waals surface area contributed by atoms with Crippen LogP contribution in [0.5, 0.6) is 5.75 Å². The number of nitrogens with zero attached hydrogens (tertiary/aromatic N) is 1. The second-order valence-corrected chi connectivity index (χ2v) is 10.2. The van der Waals surface area contributed by atoms with Crippen molar-refractivity contribution in [1.29, 1.82) is 0 Å². The number of carbonyl (C=O) groups is 4. The Labute approximate surface area is 227 Å². The standard InChI is InChI=1S/C29H33N3O7/c1-5-19-11-13-20(14-12-19)18(2)30-26(36)23-15-21(33)17-32(23)27(37)25(29(3,4)16-24(34)35)31-28(38)39-22-9-7-6-8-10-22/h1,6-14,18,21,23,25,33H,15-17H2,2-4H3,(H,30,36)(H,31,38)(H,34,35)/t18-,21+,23-,25-/m0/s1. The summed E-state index contributed by atoms with van der Waals surface area (Å²) in [4.78, 5) is 52.5. The molecule has 0 radical (unpaired) electrons. The van der Waals surface area contributed by atoms with Crippen molar-refractivity contribution >= 4 is 23.9 Å². The zero-order valence-corrected chi connectivity index (χ0v) is 22.1. The molecule has 1 heterocycles. The lowest BCUT2D eigenvalue weighted by Crippen LogP contribution is -2.59. The SMILES string of the molecule is C#Cc1ccc([C@H](C)NC(=O)[C@@H]2C[C@@H](O)CN2C(=O)[C@H](NC(=O)Oc2ccccc2)C(C)(C)CC(=O)O)cc1. The Morgan fingerprint density at radius 3 is 2.33 bits per heavy atom. The molecule has 3 rings (SSSR count). The van der Waals surface area contributed by atoms with Gasteiger partial charge in [0.25, 0.3) is 0 Å². The lowest BCUT2D eigenvalue weighted by atomic mass is 9.80. The first-order valence-electron chi connectivity index (χ1n) is 12.5. The maximum absolute atomic E-state index is 13.8. The predicted octanol–water partition coefficient (Wildman–Crippen LogP) is 2.46. The number of β-amino-alcohol motifs (C(OH)–C–C–N with tert-alkyl or cyclic N) is 1. The van der Waals surface area contributed by atoms with Crippen LogP contribution < -0.4 is 15.4 Å². The summed E-state index contributed by atoms with van der Waals surface area (Å²) in [6.07, 6.45) is 3.00. The van der Waals surface area contributed by atoms with Crippen LogP contribution in [0.2, 0.25) is 0 Å². The number of benzene rings is 2. The monoisotopic (exact) mass is 535 g/mol. The van der Waals surface area contributed by atoms with E-state index in [9.17, 15) is 29.4 Å². The average Bonchev–Trinajstić information content (AvgIpc) is 3.28. The van der Waals surface area contributed by atoms with Gasteiger partial charge in [0.2, 0.25) is 11.8 Å². The van der Waals surface area contributed by atoms with Crippen molar-refractivity contribution in [3.05, 3.63) is 65.7 Å². The van der Waals surface area contributed by atoms with Crippen molar-refractivity contribution in [3.63, 3.8) is 0 Å². The highest BCUT2D eigenvalue weighted by molar-refractivity contribution is 5.93. The maximum Gasteiger partial charge on any atom is 0.413 e. The van der Waals surface area contributed by atoms with E-state index in [-0.39, 0.29) is 18.7 Å². The van der Waals surface area contributed by atoms with E-state index in [1.54, 1.807) is 61.5 Å². The van der Waals surface area contributed by atoms with E-state index in [0.717, 1.165) is 5.56 Å². The van der Waals surface area contributed by atoms with Crippen LogP contribution in [0.25, 0.3) is 0 Å². The van der Waals surface area contributed by atoms with Crippen LogP contribution in [0.15, 0.2) is 54.6 Å². The van der Waals surface area contributed by atoms with Gasteiger partial charge >= 0.3 is 12.1 Å². The number of hydrogen-bond donors (Lipinski definition) is 4. The Morgan fingerprint density at radius 1 is 1.10 bits per heavy atom. The van der Waals surface area contributed by atoms with E-state index in [1.165, 1.54) is 18.7 Å². The number of aliphatic hydroxyl groups excluding tert-OH is 1. The van der Waals surface area contributed by atoms with Crippen LogP contribution in [0.4, 0.5) is 4.79 Å². The van der Waals surface area contributed by atoms with E-state index >= 15 is 0 Å². The molecule has 1 aliphatic heterocycles. The lowest BCUT2D eigenvalue weighted by Gasteiger charge is -2.36. The van der Waals surface area contributed by atoms with Crippen molar-refractivity contribution in [2.75, 3.05) is 6.54 Å². The van der Waals surface area contributed by atoms with E-state index < -0.39 is 59.9 Å². The molecule has 4 N–H and O–H groups in total. The fourth-order valence-corrected chi connectivity index (χ4v) is 4.56. The van der Waals surface area contributed by atoms with Gasteiger partial charge in [0.15, 0.2) is 0 Å². The molecule has 39 heavy (non-hydrogen) atoms. The molecule has 0 aliphatic carbocycles. The molecule has 10 heteroatoms. The number of rotatable bonds is 9. The normalized spacial score (nSPS) is 18.4. The first-order chi connectivity index (χ1) is 18.4. The third-order valence-electron chi connectivity index (χ3n) is 6.65. The number of terminal acetylenes is 1. The van der Waals surface area contributed by atoms with Crippen molar-refractivity contribution in [1.82, 2.24) is 15.5 Å². The number of aliphatic carboxylic acids is 1. The Kier molecular flexibility index (Phi) is 9.33. The van der Waals surface area contributed by atoms with Crippen LogP contribution in [-0.2, 0) is 14.4 Å². The van der Waals surface area contributed by atoms with Gasteiger partial charge in [0.1, 0.15) is 17.8 Å². The fourth-order valence-electron chi connectivity index (χ4n) is 4.56. The number of aliphatic hydroxyl groups is 1. The molecule has 0 spiro atoms. The number of ether oxygens (including phenoxy) is 1. The molecule has 0 saturated carbocycles. The second-order valence-electron chi connectivity index (χ2n) is 10.2. The molecular formula is C29H33N3O7. The van der Waals surface area contributed by atoms with Gasteiger partial charge in [0, 0.05) is 23.9 Å². The number of hydrogen-bond acceptors (Lipinski definition) is 6. The molecular weight excluding hydrogens is 502 g/mol. The van der Waals surface area contributed by atoms with Crippen molar-refractivity contribution in [2.45, 2.75) is 57.8 Å². The molecule has 0 aromatic heterocycles. The number of nitrogens with one attached hydrogen (secondary N) is 2. The summed E-state index contributed by atoms with van der Waals surface area (Å²) < 4.78 is 5.26. The van der Waals surface area contributed by atoms with Gasteiger partial charge in [-0.15, -0.1) is 6.42 Å². The topological polar surface area (TPSA) is 145 Å². The predicted molar refractivity (Wildman–Crippen MR) is 142 cm³/mol. The average molecular weight is 536 g/mol. The van der Waals surface area contributed by atoms with Crippen LogP contribution in [0.3, 0.4) is 0 Å². The van der Waals surface area contributed by atoms with Gasteiger partial charge in [-0.3, -0.25) is 14.4 Å². The summed E-state index contributed by atoms with van der Waals surface area (Å²) in [6.45, 7) is 4.67. The van der Waals surface area contributed by atoms with Gasteiger partial charge in [-0.2, -0.15) is 0 Å². The molecule has 1 fully saturated rings. The maximum atomic E-state index is 13.8. The smallest absolute Gasteiger partial charge is 0.413 e. The number of carbonyl (C=O) groups excluding carboxylic acids is 3. The summed E-state index contributed by atoms with van der Waals surface area (Å²) in [6, 6.07) is 12.5. The van der Waals surface area contributed by atoms with Gasteiger partial charge in [-0.05, 0) is 36.8 Å². The zero-order valence-electron chi connectivity index (χ0n) is 22.1. The quantitative estimate of drug-likeness (QED) is 0.361. The van der Waals surface area contributed by atoms with Crippen molar-refractivity contribution < 1.29 is 34.1 Å². The largest absolute Gasteiger partial charge is 0.481 e. The number of carboxylic acid groups (broad SMARTS) is 1. The molecule has 0 unspecified atom stereocenters. The molecule has 1 aliphatic rings. The lowest BCUT2D eigenvalue weighted by molar-refractivity contribution is -0.145. The van der Waals surface area contributed by atoms with Crippen LogP contribution >= 0.6 is 0 Å². The second kappa shape index (κ2) is 12.5. The molecule has 10 nitrogen and oxygen atoms in total. The highest BCUT2D eigenvalue weighted by Crippen LogP contribution is 2.30. The minimum Gasteiger partial charge on any atom is -0.481 e. The van der Waals surface area contributed by atoms with Crippen molar-refractivity contribution in [2.24, 2.45) is 5.41 Å². The van der Waals surface area contributed by atoms with Crippen LogP contribution in [0.1, 0.15) is 50.8 Å². The highest BCUT2D eigenvalue weighted by atomic mass is 16.6. The van der Waals surface area contributed by atoms with Crippen LogP contribution in [-0.4, -0.2) is 63.7 Å². The summed E-state index contributed by atoms with van der Waals surface area (Å²) >= 11 is 0. The Morgan fingerprint density at radius 2 is 1.74 bits per heavy atom. The zero-order chi connectivity index (χ0) is 28.7. The Hall–Kier alpha value is -4.36. The molecule has 0 bridgehead atoms. The van der Waals surface area contributed by atoms with E-state index in [4.69, 9.17) is 11.2 Å². The molecule has 3 amide bonds. The third-order valence-corrected chi connectivity index (χ3v) is 6.65. The summed E-state index contributed by atoms with van der Waals surface area (Å²) in [5.41, 5.74) is 0.227. The third kappa shape index (κ3) is 7.58. The van der Waals surface area contributed by atoms with Gasteiger partial charge in [0.05, 0.1) is 18.6 Å². The highest BCUT2D eigenvalue weighted by Gasteiger charge is 2.46. The Balaban J connectivity index is 1.81. The summed E-state index contributed by atoms with van der Waals surface area (Å²) in [5, 5.41) is 25.2. The minimum atomic E-state index is -1.36. The number of amides is 3. The molecule has 1 saturated heterocycles. The minimum absolute atomic E-state index is 0.0130. The Bertz CT molecular complexity index is 1240. The molecule has 2 aromatic carbocycles. The number of carboxylic acids is 1. The first-order valence-corrected chi connectivity index (χ1v) is 12.5. The number of para-hydroxylation sites is 1. The first kappa shape index (κ1) is 29.2. The van der Waals surface area contributed by atoms with E-state index in [0.29, 0.717) is 5.56 Å². The summed E-state index contributed by atoms with van der Waals surface area (Å²) in [7, 11) is 0.